The van der Waals surface area contributed by atoms with E-state index in [-0.39, 0.29) is 5.91 Å². The lowest BCUT2D eigenvalue weighted by atomic mass is 10.1. The largest absolute Gasteiger partial charge is 0.372 e. The average molecular weight is 446 g/mol. The first-order valence-electron chi connectivity index (χ1n) is 10.8. The fraction of sp³-hybridized carbons (Fsp3) is 0.458. The van der Waals surface area contributed by atoms with Crippen LogP contribution in [-0.4, -0.2) is 39.7 Å². The number of nitrogens with zero attached hydrogens (tertiary/aromatic N) is 2. The van der Waals surface area contributed by atoms with Crippen LogP contribution in [0.3, 0.4) is 0 Å². The Labute approximate surface area is 187 Å². The monoisotopic (exact) mass is 445 g/mol. The van der Waals surface area contributed by atoms with Gasteiger partial charge in [-0.05, 0) is 75.1 Å². The Morgan fingerprint density at radius 2 is 1.52 bits per heavy atom. The van der Waals surface area contributed by atoms with Gasteiger partial charge in [-0.1, -0.05) is 25.1 Å². The van der Waals surface area contributed by atoms with Crippen molar-refractivity contribution in [1.82, 2.24) is 5.32 Å². The van der Waals surface area contributed by atoms with Crippen molar-refractivity contribution >= 4 is 27.3 Å². The number of benzene rings is 2. The van der Waals surface area contributed by atoms with Gasteiger partial charge in [0, 0.05) is 25.3 Å². The van der Waals surface area contributed by atoms with Crippen LogP contribution in [0.2, 0.25) is 0 Å². The molecule has 6 nitrogen and oxygen atoms in total. The Kier molecular flexibility index (Phi) is 8.51. The molecule has 1 unspecified atom stereocenters. The van der Waals surface area contributed by atoms with E-state index in [2.05, 4.69) is 24.1 Å². The number of anilines is 2. The smallest absolute Gasteiger partial charge is 0.244 e. The lowest BCUT2D eigenvalue weighted by Crippen LogP contribution is -2.49. The van der Waals surface area contributed by atoms with Crippen LogP contribution < -0.4 is 14.5 Å². The highest BCUT2D eigenvalue weighted by Gasteiger charge is 2.31. The molecule has 2 aromatic rings. The molecule has 0 aromatic heterocycles. The maximum Gasteiger partial charge on any atom is 0.244 e. The van der Waals surface area contributed by atoms with E-state index in [1.165, 1.54) is 4.31 Å². The molecule has 0 heterocycles. The van der Waals surface area contributed by atoms with Crippen LogP contribution in [0.4, 0.5) is 11.4 Å². The maximum atomic E-state index is 13.0. The van der Waals surface area contributed by atoms with Crippen LogP contribution in [0.5, 0.6) is 0 Å². The number of sulfonamides is 1. The van der Waals surface area contributed by atoms with E-state index in [9.17, 15) is 13.2 Å². The van der Waals surface area contributed by atoms with Crippen molar-refractivity contribution in [3.05, 3.63) is 59.2 Å². The van der Waals surface area contributed by atoms with Crippen molar-refractivity contribution in [2.45, 2.75) is 53.6 Å². The molecule has 0 spiro atoms. The van der Waals surface area contributed by atoms with Crippen LogP contribution >= 0.6 is 0 Å². The van der Waals surface area contributed by atoms with E-state index < -0.39 is 16.1 Å². The number of hydrogen-bond donors (Lipinski definition) is 1. The predicted molar refractivity (Wildman–Crippen MR) is 129 cm³/mol. The molecule has 1 N–H and O–H groups in total. The first-order chi connectivity index (χ1) is 14.6. The van der Waals surface area contributed by atoms with Crippen LogP contribution in [0.15, 0.2) is 42.5 Å². The summed E-state index contributed by atoms with van der Waals surface area (Å²) in [5.41, 5.74) is 4.68. The molecule has 0 radical (unpaired) electrons. The molecular formula is C24H35N3O3S. The highest BCUT2D eigenvalue weighted by atomic mass is 32.2. The maximum absolute atomic E-state index is 13.0. The summed E-state index contributed by atoms with van der Waals surface area (Å²) in [6.07, 6.45) is 1.51. The van der Waals surface area contributed by atoms with Crippen molar-refractivity contribution in [3.63, 3.8) is 0 Å². The summed E-state index contributed by atoms with van der Waals surface area (Å²) >= 11 is 0. The Morgan fingerprint density at radius 1 is 0.935 bits per heavy atom. The molecule has 7 heteroatoms. The average Bonchev–Trinajstić information content (AvgIpc) is 2.73. The minimum atomic E-state index is -3.64. The number of amides is 1. The van der Waals surface area contributed by atoms with Gasteiger partial charge in [0.25, 0.3) is 0 Å². The van der Waals surface area contributed by atoms with E-state index in [1.54, 1.807) is 6.07 Å². The van der Waals surface area contributed by atoms with Crippen molar-refractivity contribution in [2.24, 2.45) is 0 Å². The Bertz CT molecular complexity index is 984. The minimum absolute atomic E-state index is 0.307. The van der Waals surface area contributed by atoms with Gasteiger partial charge in [0.2, 0.25) is 15.9 Å². The van der Waals surface area contributed by atoms with Crippen LogP contribution in [0.25, 0.3) is 0 Å². The molecule has 0 aliphatic heterocycles. The summed E-state index contributed by atoms with van der Waals surface area (Å²) < 4.78 is 26.4. The molecular weight excluding hydrogens is 410 g/mol. The van der Waals surface area contributed by atoms with Crippen LogP contribution in [0, 0.1) is 13.8 Å². The second-order valence-electron chi connectivity index (χ2n) is 7.81. The molecule has 0 fully saturated rings. The van der Waals surface area contributed by atoms with Crippen LogP contribution in [-0.2, 0) is 21.4 Å². The minimum Gasteiger partial charge on any atom is -0.372 e. The van der Waals surface area contributed by atoms with Crippen molar-refractivity contribution in [2.75, 3.05) is 28.6 Å². The Balaban J connectivity index is 2.19. The molecule has 2 aromatic carbocycles. The third-order valence-corrected chi connectivity index (χ3v) is 6.79. The van der Waals surface area contributed by atoms with E-state index >= 15 is 0 Å². The molecule has 0 aliphatic rings. The summed E-state index contributed by atoms with van der Waals surface area (Å²) in [6.45, 7) is 12.2. The second kappa shape index (κ2) is 10.7. The Morgan fingerprint density at radius 3 is 2.00 bits per heavy atom. The molecule has 0 aliphatic carbocycles. The molecule has 170 valence electrons. The zero-order valence-corrected chi connectivity index (χ0v) is 20.3. The van der Waals surface area contributed by atoms with E-state index in [0.717, 1.165) is 41.7 Å². The summed E-state index contributed by atoms with van der Waals surface area (Å²) in [6, 6.07) is 12.7. The van der Waals surface area contributed by atoms with Crippen molar-refractivity contribution < 1.29 is 13.2 Å². The first kappa shape index (κ1) is 24.7. The van der Waals surface area contributed by atoms with Gasteiger partial charge in [-0.3, -0.25) is 9.10 Å². The van der Waals surface area contributed by atoms with Crippen molar-refractivity contribution in [3.8, 4) is 0 Å². The number of carbonyl (C=O) groups excluding carboxylic acids is 1. The number of hydrogen-bond acceptors (Lipinski definition) is 4. The number of rotatable bonds is 10. The summed E-state index contributed by atoms with van der Waals surface area (Å²) in [5.74, 6) is -0.307. The molecule has 0 saturated carbocycles. The SMILES string of the molecule is CCC(C(=O)NCc1ccc(N(CC)CC)cc1)N(c1ccc(C)c(C)c1)S(C)(=O)=O. The van der Waals surface area contributed by atoms with Gasteiger partial charge < -0.3 is 10.2 Å². The van der Waals surface area contributed by atoms with Gasteiger partial charge in [-0.15, -0.1) is 0 Å². The topological polar surface area (TPSA) is 69.7 Å². The lowest BCUT2D eigenvalue weighted by molar-refractivity contribution is -0.122. The summed E-state index contributed by atoms with van der Waals surface area (Å²) in [5, 5.41) is 2.92. The van der Waals surface area contributed by atoms with E-state index in [1.807, 2.05) is 57.2 Å². The Hall–Kier alpha value is -2.54. The fourth-order valence-corrected chi connectivity index (χ4v) is 4.85. The number of aryl methyl sites for hydroxylation is 2. The quantitative estimate of drug-likeness (QED) is 0.600. The number of carbonyl (C=O) groups is 1. The van der Waals surface area contributed by atoms with Gasteiger partial charge in [0.1, 0.15) is 6.04 Å². The number of nitrogens with one attached hydrogen (secondary N) is 1. The van der Waals surface area contributed by atoms with E-state index in [0.29, 0.717) is 18.7 Å². The van der Waals surface area contributed by atoms with Gasteiger partial charge in [0.05, 0.1) is 11.9 Å². The van der Waals surface area contributed by atoms with Gasteiger partial charge in [-0.2, -0.15) is 0 Å². The molecule has 2 rings (SSSR count). The first-order valence-corrected chi connectivity index (χ1v) is 12.6. The standard InChI is InChI=1S/C24H35N3O3S/c1-7-23(27(31(6,29)30)22-13-10-18(4)19(5)16-22)24(28)25-17-20-11-14-21(15-12-20)26(8-2)9-3/h10-16,23H,7-9,17H2,1-6H3,(H,25,28). The predicted octanol–water partition coefficient (Wildman–Crippen LogP) is 4.01. The molecule has 1 amide bonds. The molecule has 1 atom stereocenters. The van der Waals surface area contributed by atoms with Crippen LogP contribution in [0.1, 0.15) is 43.9 Å². The van der Waals surface area contributed by atoms with Gasteiger partial charge in [-0.25, -0.2) is 8.42 Å². The van der Waals surface area contributed by atoms with Gasteiger partial charge in [0.15, 0.2) is 0 Å². The zero-order valence-electron chi connectivity index (χ0n) is 19.5. The van der Waals surface area contributed by atoms with Crippen molar-refractivity contribution in [1.29, 1.82) is 0 Å². The summed E-state index contributed by atoms with van der Waals surface area (Å²) in [7, 11) is -3.64. The third-order valence-electron chi connectivity index (χ3n) is 5.61. The summed E-state index contributed by atoms with van der Waals surface area (Å²) in [4.78, 5) is 15.3. The fourth-order valence-electron chi connectivity index (χ4n) is 3.64. The molecule has 0 bridgehead atoms. The highest BCUT2D eigenvalue weighted by Crippen LogP contribution is 2.25. The normalized spacial score (nSPS) is 12.3. The molecule has 31 heavy (non-hydrogen) atoms. The highest BCUT2D eigenvalue weighted by molar-refractivity contribution is 7.92. The molecule has 0 saturated heterocycles. The third kappa shape index (κ3) is 6.23. The second-order valence-corrected chi connectivity index (χ2v) is 9.67. The van der Waals surface area contributed by atoms with E-state index in [4.69, 9.17) is 0 Å². The zero-order chi connectivity index (χ0) is 23.2. The van der Waals surface area contributed by atoms with Gasteiger partial charge >= 0.3 is 0 Å². The lowest BCUT2D eigenvalue weighted by Gasteiger charge is -2.30.